The SMILES string of the molecule is O=C(CCc1cnccn1)N1CCC[C@@H](c2ccc(F)cc2)CC1. The summed E-state index contributed by atoms with van der Waals surface area (Å²) in [7, 11) is 0. The molecule has 0 spiro atoms. The largest absolute Gasteiger partial charge is 0.343 e. The zero-order valence-electron chi connectivity index (χ0n) is 13.7. The number of benzene rings is 1. The molecule has 126 valence electrons. The lowest BCUT2D eigenvalue weighted by Gasteiger charge is -2.20. The van der Waals surface area contributed by atoms with Crippen LogP contribution in [0.25, 0.3) is 0 Å². The van der Waals surface area contributed by atoms with Crippen molar-refractivity contribution in [2.75, 3.05) is 13.1 Å². The van der Waals surface area contributed by atoms with Gasteiger partial charge in [-0.05, 0) is 49.3 Å². The fourth-order valence-electron chi connectivity index (χ4n) is 3.27. The molecule has 1 aromatic carbocycles. The van der Waals surface area contributed by atoms with E-state index in [-0.39, 0.29) is 11.7 Å². The van der Waals surface area contributed by atoms with Gasteiger partial charge < -0.3 is 4.90 Å². The lowest BCUT2D eigenvalue weighted by Crippen LogP contribution is -2.32. The van der Waals surface area contributed by atoms with Crippen molar-refractivity contribution in [2.24, 2.45) is 0 Å². The highest BCUT2D eigenvalue weighted by Crippen LogP contribution is 2.28. The van der Waals surface area contributed by atoms with Gasteiger partial charge in [0, 0.05) is 38.1 Å². The Balaban J connectivity index is 1.53. The number of likely N-dealkylation sites (tertiary alicyclic amines) is 1. The van der Waals surface area contributed by atoms with E-state index in [9.17, 15) is 9.18 Å². The molecule has 1 aliphatic heterocycles. The number of aryl methyl sites for hydroxylation is 1. The van der Waals surface area contributed by atoms with E-state index < -0.39 is 0 Å². The molecule has 0 unspecified atom stereocenters. The molecule has 0 saturated carbocycles. The van der Waals surface area contributed by atoms with Gasteiger partial charge in [0.25, 0.3) is 0 Å². The summed E-state index contributed by atoms with van der Waals surface area (Å²) < 4.78 is 13.1. The van der Waals surface area contributed by atoms with Crippen LogP contribution in [0, 0.1) is 5.82 Å². The lowest BCUT2D eigenvalue weighted by molar-refractivity contribution is -0.131. The molecule has 0 N–H and O–H groups in total. The van der Waals surface area contributed by atoms with Crippen molar-refractivity contribution in [3.8, 4) is 0 Å². The summed E-state index contributed by atoms with van der Waals surface area (Å²) in [4.78, 5) is 22.6. The Morgan fingerprint density at radius 2 is 2.00 bits per heavy atom. The van der Waals surface area contributed by atoms with Crippen molar-refractivity contribution in [3.05, 3.63) is 59.9 Å². The van der Waals surface area contributed by atoms with Crippen LogP contribution in [0.3, 0.4) is 0 Å². The predicted molar refractivity (Wildman–Crippen MR) is 89.9 cm³/mol. The maximum absolute atomic E-state index is 13.1. The number of nitrogens with zero attached hydrogens (tertiary/aromatic N) is 3. The van der Waals surface area contributed by atoms with Gasteiger partial charge in [0.05, 0.1) is 5.69 Å². The van der Waals surface area contributed by atoms with Crippen molar-refractivity contribution >= 4 is 5.91 Å². The third kappa shape index (κ3) is 4.37. The number of amides is 1. The summed E-state index contributed by atoms with van der Waals surface area (Å²) >= 11 is 0. The lowest BCUT2D eigenvalue weighted by atomic mass is 9.92. The Hall–Kier alpha value is -2.30. The summed E-state index contributed by atoms with van der Waals surface area (Å²) in [5, 5.41) is 0. The molecule has 1 aromatic heterocycles. The standard InChI is InChI=1S/C19H22FN3O/c20-17-5-3-16(4-6-17)15-2-1-12-23(13-9-15)19(24)8-7-18-14-21-10-11-22-18/h3-6,10-11,14-15H,1-2,7-9,12-13H2/t15-/m1/s1. The quantitative estimate of drug-likeness (QED) is 0.865. The number of hydrogen-bond acceptors (Lipinski definition) is 3. The van der Waals surface area contributed by atoms with Gasteiger partial charge in [-0.2, -0.15) is 0 Å². The zero-order valence-corrected chi connectivity index (χ0v) is 13.7. The summed E-state index contributed by atoms with van der Waals surface area (Å²) in [5.74, 6) is 0.386. The first-order chi connectivity index (χ1) is 11.7. The number of halogens is 1. The van der Waals surface area contributed by atoms with Crippen LogP contribution in [-0.4, -0.2) is 33.9 Å². The van der Waals surface area contributed by atoms with Crippen LogP contribution in [0.5, 0.6) is 0 Å². The number of carbonyl (C=O) groups excluding carboxylic acids is 1. The Morgan fingerprint density at radius 3 is 2.75 bits per heavy atom. The highest BCUT2D eigenvalue weighted by molar-refractivity contribution is 5.76. The van der Waals surface area contributed by atoms with Crippen molar-refractivity contribution in [1.29, 1.82) is 0 Å². The Morgan fingerprint density at radius 1 is 1.17 bits per heavy atom. The highest BCUT2D eigenvalue weighted by atomic mass is 19.1. The predicted octanol–water partition coefficient (Wildman–Crippen LogP) is 3.34. The molecule has 2 aromatic rings. The molecular formula is C19H22FN3O. The van der Waals surface area contributed by atoms with Crippen molar-refractivity contribution < 1.29 is 9.18 Å². The number of aromatic nitrogens is 2. The van der Waals surface area contributed by atoms with E-state index in [4.69, 9.17) is 0 Å². The second-order valence-electron chi connectivity index (χ2n) is 6.26. The molecule has 0 radical (unpaired) electrons. The molecular weight excluding hydrogens is 305 g/mol. The fraction of sp³-hybridized carbons (Fsp3) is 0.421. The van der Waals surface area contributed by atoms with Crippen molar-refractivity contribution in [1.82, 2.24) is 14.9 Å². The molecule has 2 heterocycles. The minimum absolute atomic E-state index is 0.181. The topological polar surface area (TPSA) is 46.1 Å². The van der Waals surface area contributed by atoms with E-state index in [1.54, 1.807) is 18.6 Å². The number of rotatable bonds is 4. The van der Waals surface area contributed by atoms with Crippen LogP contribution in [0.15, 0.2) is 42.9 Å². The maximum Gasteiger partial charge on any atom is 0.222 e. The summed E-state index contributed by atoms with van der Waals surface area (Å²) in [6, 6.07) is 6.77. The van der Waals surface area contributed by atoms with E-state index in [0.717, 1.165) is 38.0 Å². The fourth-order valence-corrected chi connectivity index (χ4v) is 3.27. The van der Waals surface area contributed by atoms with E-state index in [0.29, 0.717) is 18.8 Å². The Labute approximate surface area is 141 Å². The minimum Gasteiger partial charge on any atom is -0.343 e. The third-order valence-electron chi connectivity index (χ3n) is 4.63. The van der Waals surface area contributed by atoms with E-state index >= 15 is 0 Å². The average molecular weight is 327 g/mol. The summed E-state index contributed by atoms with van der Waals surface area (Å²) in [6.07, 6.45) is 9.06. The molecule has 5 heteroatoms. The molecule has 0 aliphatic carbocycles. The van der Waals surface area contributed by atoms with Gasteiger partial charge in [0.1, 0.15) is 5.82 Å². The first-order valence-electron chi connectivity index (χ1n) is 8.50. The normalized spacial score (nSPS) is 18.2. The highest BCUT2D eigenvalue weighted by Gasteiger charge is 2.21. The maximum atomic E-state index is 13.1. The van der Waals surface area contributed by atoms with Crippen molar-refractivity contribution in [3.63, 3.8) is 0 Å². The summed E-state index contributed by atoms with van der Waals surface area (Å²) in [6.45, 7) is 1.57. The van der Waals surface area contributed by atoms with Crippen LogP contribution in [0.2, 0.25) is 0 Å². The molecule has 1 aliphatic rings. The van der Waals surface area contributed by atoms with E-state index in [1.165, 1.54) is 17.7 Å². The third-order valence-corrected chi connectivity index (χ3v) is 4.63. The van der Waals surface area contributed by atoms with Gasteiger partial charge in [-0.25, -0.2) is 4.39 Å². The Kier molecular flexibility index (Phi) is 5.51. The van der Waals surface area contributed by atoms with E-state index in [2.05, 4.69) is 9.97 Å². The van der Waals surface area contributed by atoms with Crippen LogP contribution >= 0.6 is 0 Å². The van der Waals surface area contributed by atoms with Gasteiger partial charge in [-0.15, -0.1) is 0 Å². The van der Waals surface area contributed by atoms with Crippen LogP contribution < -0.4 is 0 Å². The smallest absolute Gasteiger partial charge is 0.222 e. The molecule has 1 fully saturated rings. The molecule has 0 bridgehead atoms. The van der Waals surface area contributed by atoms with Crippen molar-refractivity contribution in [2.45, 2.75) is 38.0 Å². The van der Waals surface area contributed by atoms with Gasteiger partial charge in [0.15, 0.2) is 0 Å². The molecule has 4 nitrogen and oxygen atoms in total. The molecule has 1 amide bonds. The van der Waals surface area contributed by atoms with Gasteiger partial charge in [0.2, 0.25) is 5.91 Å². The second-order valence-corrected chi connectivity index (χ2v) is 6.26. The second kappa shape index (κ2) is 7.99. The van der Waals surface area contributed by atoms with Gasteiger partial charge in [-0.1, -0.05) is 12.1 Å². The molecule has 3 rings (SSSR count). The number of hydrogen-bond donors (Lipinski definition) is 0. The van der Waals surface area contributed by atoms with Gasteiger partial charge >= 0.3 is 0 Å². The van der Waals surface area contributed by atoms with Crippen LogP contribution in [0.4, 0.5) is 4.39 Å². The van der Waals surface area contributed by atoms with Crippen LogP contribution in [-0.2, 0) is 11.2 Å². The molecule has 24 heavy (non-hydrogen) atoms. The average Bonchev–Trinajstić information content (AvgIpc) is 2.87. The minimum atomic E-state index is -0.201. The van der Waals surface area contributed by atoms with Gasteiger partial charge in [-0.3, -0.25) is 14.8 Å². The zero-order chi connectivity index (χ0) is 16.8. The molecule has 1 saturated heterocycles. The van der Waals surface area contributed by atoms with E-state index in [1.807, 2.05) is 17.0 Å². The van der Waals surface area contributed by atoms with Crippen LogP contribution in [0.1, 0.15) is 42.9 Å². The summed E-state index contributed by atoms with van der Waals surface area (Å²) in [5.41, 5.74) is 2.02. The Bertz CT molecular complexity index is 660. The first-order valence-corrected chi connectivity index (χ1v) is 8.50. The molecule has 1 atom stereocenters. The first kappa shape index (κ1) is 16.6. The monoisotopic (exact) mass is 327 g/mol. The number of carbonyl (C=O) groups is 1.